The number of hydrogen-bond donors (Lipinski definition) is 1. The van der Waals surface area contributed by atoms with Crippen LogP contribution < -0.4 is 10.2 Å². The maximum absolute atomic E-state index is 12.6. The van der Waals surface area contributed by atoms with Crippen molar-refractivity contribution < 1.29 is 9.53 Å². The summed E-state index contributed by atoms with van der Waals surface area (Å²) in [5.74, 6) is 0.146. The van der Waals surface area contributed by atoms with Crippen LogP contribution in [0.4, 0.5) is 11.4 Å². The monoisotopic (exact) mass is 345 g/mol. The van der Waals surface area contributed by atoms with E-state index in [4.69, 9.17) is 4.74 Å². The Morgan fingerprint density at radius 3 is 2.40 bits per heavy atom. The quantitative estimate of drug-likeness (QED) is 0.911. The molecule has 138 valence electrons. The van der Waals surface area contributed by atoms with Gasteiger partial charge in [-0.25, -0.2) is 0 Å². The van der Waals surface area contributed by atoms with Crippen molar-refractivity contribution >= 4 is 17.3 Å². The van der Waals surface area contributed by atoms with Gasteiger partial charge in [0.15, 0.2) is 0 Å². The van der Waals surface area contributed by atoms with Gasteiger partial charge in [-0.1, -0.05) is 25.0 Å². The number of amides is 1. The average molecular weight is 345 g/mol. The van der Waals surface area contributed by atoms with Gasteiger partial charge in [0.1, 0.15) is 0 Å². The minimum absolute atomic E-state index is 0.108. The highest BCUT2D eigenvalue weighted by Crippen LogP contribution is 2.27. The van der Waals surface area contributed by atoms with Crippen molar-refractivity contribution in [3.8, 4) is 0 Å². The fraction of sp³-hybridized carbons (Fsp3) is 0.650. The van der Waals surface area contributed by atoms with Gasteiger partial charge in [-0.2, -0.15) is 0 Å². The Hall–Kier alpha value is -1.75. The molecule has 2 aliphatic heterocycles. The predicted molar refractivity (Wildman–Crippen MR) is 102 cm³/mol. The van der Waals surface area contributed by atoms with Crippen LogP contribution in [0.15, 0.2) is 24.3 Å². The average Bonchev–Trinajstić information content (AvgIpc) is 2.88. The molecule has 1 N–H and O–H groups in total. The highest BCUT2D eigenvalue weighted by Gasteiger charge is 2.25. The molecule has 2 unspecified atom stereocenters. The van der Waals surface area contributed by atoms with Crippen LogP contribution in [0.3, 0.4) is 0 Å². The van der Waals surface area contributed by atoms with Crippen molar-refractivity contribution in [2.75, 3.05) is 42.9 Å². The van der Waals surface area contributed by atoms with Gasteiger partial charge < -0.3 is 19.9 Å². The van der Waals surface area contributed by atoms with Crippen LogP contribution >= 0.6 is 0 Å². The Morgan fingerprint density at radius 1 is 1.08 bits per heavy atom. The molecule has 0 aliphatic carbocycles. The Morgan fingerprint density at radius 2 is 1.72 bits per heavy atom. The van der Waals surface area contributed by atoms with E-state index >= 15 is 0 Å². The van der Waals surface area contributed by atoms with Gasteiger partial charge >= 0.3 is 0 Å². The third kappa shape index (κ3) is 4.88. The number of carbonyl (C=O) groups is 1. The third-order valence-corrected chi connectivity index (χ3v) is 5.05. The van der Waals surface area contributed by atoms with Gasteiger partial charge in [-0.15, -0.1) is 0 Å². The second kappa shape index (κ2) is 8.56. The Labute approximate surface area is 151 Å². The number of hydrogen-bond acceptors (Lipinski definition) is 4. The molecule has 2 atom stereocenters. The molecule has 0 radical (unpaired) electrons. The summed E-state index contributed by atoms with van der Waals surface area (Å²) in [6.45, 7) is 7.95. The SMILES string of the molecule is CC1CN(C(=O)CNc2ccccc2N2CCCCCC2)CC(C)O1. The van der Waals surface area contributed by atoms with Crippen molar-refractivity contribution in [1.82, 2.24) is 4.90 Å². The van der Waals surface area contributed by atoms with E-state index in [9.17, 15) is 4.79 Å². The van der Waals surface area contributed by atoms with E-state index in [1.165, 1.54) is 31.4 Å². The highest BCUT2D eigenvalue weighted by atomic mass is 16.5. The predicted octanol–water partition coefficient (Wildman–Crippen LogP) is 3.11. The molecule has 5 heteroatoms. The van der Waals surface area contributed by atoms with Gasteiger partial charge in [-0.05, 0) is 38.8 Å². The fourth-order valence-corrected chi connectivity index (χ4v) is 3.87. The molecule has 0 spiro atoms. The Bertz CT molecular complexity index is 560. The van der Waals surface area contributed by atoms with E-state index in [1.807, 2.05) is 24.8 Å². The molecule has 2 saturated heterocycles. The molecule has 1 amide bonds. The van der Waals surface area contributed by atoms with E-state index in [1.54, 1.807) is 0 Å². The molecule has 25 heavy (non-hydrogen) atoms. The highest BCUT2D eigenvalue weighted by molar-refractivity contribution is 5.83. The van der Waals surface area contributed by atoms with E-state index in [2.05, 4.69) is 28.4 Å². The largest absolute Gasteiger partial charge is 0.374 e. The number of morpholine rings is 1. The summed E-state index contributed by atoms with van der Waals surface area (Å²) in [5, 5.41) is 3.38. The number of para-hydroxylation sites is 2. The maximum Gasteiger partial charge on any atom is 0.242 e. The molecule has 3 rings (SSSR count). The van der Waals surface area contributed by atoms with Crippen LogP contribution in [-0.2, 0) is 9.53 Å². The lowest BCUT2D eigenvalue weighted by Crippen LogP contribution is -2.49. The first kappa shape index (κ1) is 18.1. The summed E-state index contributed by atoms with van der Waals surface area (Å²) in [6.07, 6.45) is 5.35. The summed E-state index contributed by atoms with van der Waals surface area (Å²) in [4.78, 5) is 17.0. The zero-order valence-electron chi connectivity index (χ0n) is 15.5. The van der Waals surface area contributed by atoms with Crippen LogP contribution in [0, 0.1) is 0 Å². The zero-order chi connectivity index (χ0) is 17.6. The molecule has 5 nitrogen and oxygen atoms in total. The smallest absolute Gasteiger partial charge is 0.242 e. The molecular formula is C20H31N3O2. The number of nitrogens with zero attached hydrogens (tertiary/aromatic N) is 2. The van der Waals surface area contributed by atoms with Gasteiger partial charge in [0.05, 0.1) is 30.1 Å². The standard InChI is InChI=1S/C20H31N3O2/c1-16-14-23(15-17(2)25-16)20(24)13-21-18-9-5-6-10-19(18)22-11-7-3-4-8-12-22/h5-6,9-10,16-17,21H,3-4,7-8,11-15H2,1-2H3. The Kier molecular flexibility index (Phi) is 6.19. The zero-order valence-corrected chi connectivity index (χ0v) is 15.5. The van der Waals surface area contributed by atoms with Gasteiger partial charge in [0.25, 0.3) is 0 Å². The van der Waals surface area contributed by atoms with Gasteiger partial charge in [0, 0.05) is 26.2 Å². The second-order valence-electron chi connectivity index (χ2n) is 7.33. The van der Waals surface area contributed by atoms with Crippen LogP contribution in [0.25, 0.3) is 0 Å². The number of nitrogens with one attached hydrogen (secondary N) is 1. The lowest BCUT2D eigenvalue weighted by atomic mass is 10.2. The van der Waals surface area contributed by atoms with Crippen LogP contribution in [0.5, 0.6) is 0 Å². The minimum Gasteiger partial charge on any atom is -0.374 e. The van der Waals surface area contributed by atoms with Crippen LogP contribution in [0.1, 0.15) is 39.5 Å². The molecule has 2 fully saturated rings. The molecule has 1 aromatic carbocycles. The maximum atomic E-state index is 12.6. The van der Waals surface area contributed by atoms with Crippen molar-refractivity contribution in [3.63, 3.8) is 0 Å². The van der Waals surface area contributed by atoms with E-state index in [-0.39, 0.29) is 18.1 Å². The number of carbonyl (C=O) groups excluding carboxylic acids is 1. The normalized spacial score (nSPS) is 24.7. The second-order valence-corrected chi connectivity index (χ2v) is 7.33. The van der Waals surface area contributed by atoms with Crippen molar-refractivity contribution in [2.45, 2.75) is 51.7 Å². The lowest BCUT2D eigenvalue weighted by Gasteiger charge is -2.35. The number of ether oxygens (including phenoxy) is 1. The van der Waals surface area contributed by atoms with Crippen LogP contribution in [-0.4, -0.2) is 55.7 Å². The number of benzene rings is 1. The van der Waals surface area contributed by atoms with E-state index in [0.717, 1.165) is 18.8 Å². The third-order valence-electron chi connectivity index (χ3n) is 5.05. The van der Waals surface area contributed by atoms with Gasteiger partial charge in [-0.3, -0.25) is 4.79 Å². The molecule has 0 saturated carbocycles. The summed E-state index contributed by atoms with van der Waals surface area (Å²) in [5.41, 5.74) is 2.29. The topological polar surface area (TPSA) is 44.8 Å². The minimum atomic E-state index is 0.108. The summed E-state index contributed by atoms with van der Waals surface area (Å²) in [7, 11) is 0. The molecule has 0 bridgehead atoms. The first-order valence-electron chi connectivity index (χ1n) is 9.64. The van der Waals surface area contributed by atoms with Crippen molar-refractivity contribution in [3.05, 3.63) is 24.3 Å². The fourth-order valence-electron chi connectivity index (χ4n) is 3.87. The number of rotatable bonds is 4. The molecule has 2 aliphatic rings. The first-order chi connectivity index (χ1) is 12.1. The Balaban J connectivity index is 1.62. The molecule has 0 aromatic heterocycles. The summed E-state index contributed by atoms with van der Waals surface area (Å²) < 4.78 is 5.72. The van der Waals surface area contributed by atoms with Gasteiger partial charge in [0.2, 0.25) is 5.91 Å². The summed E-state index contributed by atoms with van der Waals surface area (Å²) in [6, 6.07) is 8.36. The van der Waals surface area contributed by atoms with Crippen molar-refractivity contribution in [2.24, 2.45) is 0 Å². The number of anilines is 2. The first-order valence-corrected chi connectivity index (χ1v) is 9.64. The molecular weight excluding hydrogens is 314 g/mol. The molecule has 2 heterocycles. The lowest BCUT2D eigenvalue weighted by molar-refractivity contribution is -0.141. The van der Waals surface area contributed by atoms with Crippen LogP contribution in [0.2, 0.25) is 0 Å². The summed E-state index contributed by atoms with van der Waals surface area (Å²) >= 11 is 0. The van der Waals surface area contributed by atoms with E-state index < -0.39 is 0 Å². The van der Waals surface area contributed by atoms with Crippen molar-refractivity contribution in [1.29, 1.82) is 0 Å². The van der Waals surface area contributed by atoms with E-state index in [0.29, 0.717) is 19.6 Å². The molecule has 1 aromatic rings.